The van der Waals surface area contributed by atoms with Gasteiger partial charge in [-0.05, 0) is 50.2 Å². The third-order valence-electron chi connectivity index (χ3n) is 5.16. The number of aromatic nitrogens is 2. The smallest absolute Gasteiger partial charge is 0.341 e. The highest BCUT2D eigenvalue weighted by Crippen LogP contribution is 2.27. The van der Waals surface area contributed by atoms with Gasteiger partial charge in [-0.25, -0.2) is 0 Å². The quantitative estimate of drug-likeness (QED) is 0.785. The molecular formula is C20H24F3N3O. The summed E-state index contributed by atoms with van der Waals surface area (Å²) in [4.78, 5) is 14.1. The summed E-state index contributed by atoms with van der Waals surface area (Å²) in [6, 6.07) is 9.46. The SMILES string of the molecule is Cc1ccc(CCC2CCN(C(=O)Cn3ccc(C(F)(F)F)n3)CC2)cc1. The fourth-order valence-corrected chi connectivity index (χ4v) is 3.44. The van der Waals surface area contributed by atoms with E-state index in [1.807, 2.05) is 0 Å². The van der Waals surface area contributed by atoms with Crippen LogP contribution in [0.2, 0.25) is 0 Å². The number of likely N-dealkylation sites (tertiary alicyclic amines) is 1. The van der Waals surface area contributed by atoms with Crippen LogP contribution >= 0.6 is 0 Å². The molecule has 1 aliphatic rings. The van der Waals surface area contributed by atoms with Crippen LogP contribution in [0.5, 0.6) is 0 Å². The maximum absolute atomic E-state index is 12.6. The average Bonchev–Trinajstić information content (AvgIpc) is 3.10. The van der Waals surface area contributed by atoms with E-state index in [0.717, 1.165) is 36.4 Å². The number of hydrogen-bond donors (Lipinski definition) is 0. The molecule has 146 valence electrons. The fraction of sp³-hybridized carbons (Fsp3) is 0.500. The average molecular weight is 379 g/mol. The van der Waals surface area contributed by atoms with Crippen molar-refractivity contribution in [3.05, 3.63) is 53.3 Å². The number of nitrogens with zero attached hydrogens (tertiary/aromatic N) is 3. The molecule has 0 atom stereocenters. The van der Waals surface area contributed by atoms with Gasteiger partial charge in [-0.1, -0.05) is 29.8 Å². The molecular weight excluding hydrogens is 355 g/mol. The molecule has 2 heterocycles. The molecule has 0 bridgehead atoms. The first kappa shape index (κ1) is 19.5. The van der Waals surface area contributed by atoms with Crippen molar-refractivity contribution in [2.45, 2.75) is 45.3 Å². The predicted octanol–water partition coefficient (Wildman–Crippen LogP) is 4.08. The van der Waals surface area contributed by atoms with Crippen molar-refractivity contribution in [3.63, 3.8) is 0 Å². The summed E-state index contributed by atoms with van der Waals surface area (Å²) in [5.74, 6) is 0.403. The molecule has 0 N–H and O–H groups in total. The van der Waals surface area contributed by atoms with E-state index >= 15 is 0 Å². The van der Waals surface area contributed by atoms with Gasteiger partial charge in [0.25, 0.3) is 0 Å². The zero-order valence-electron chi connectivity index (χ0n) is 15.4. The van der Waals surface area contributed by atoms with Gasteiger partial charge in [0.05, 0.1) is 0 Å². The van der Waals surface area contributed by atoms with E-state index in [1.165, 1.54) is 17.3 Å². The van der Waals surface area contributed by atoms with Crippen LogP contribution < -0.4 is 0 Å². The highest BCUT2D eigenvalue weighted by atomic mass is 19.4. The molecule has 1 aliphatic heterocycles. The summed E-state index contributed by atoms with van der Waals surface area (Å²) in [6.07, 6.45) is 0.722. The topological polar surface area (TPSA) is 38.1 Å². The summed E-state index contributed by atoms with van der Waals surface area (Å²) in [5.41, 5.74) is 1.62. The van der Waals surface area contributed by atoms with Gasteiger partial charge in [-0.15, -0.1) is 0 Å². The van der Waals surface area contributed by atoms with Gasteiger partial charge < -0.3 is 4.90 Å². The van der Waals surface area contributed by atoms with Gasteiger partial charge in [0.15, 0.2) is 5.69 Å². The van der Waals surface area contributed by atoms with E-state index in [4.69, 9.17) is 0 Å². The van der Waals surface area contributed by atoms with E-state index < -0.39 is 11.9 Å². The lowest BCUT2D eigenvalue weighted by Gasteiger charge is -2.32. The van der Waals surface area contributed by atoms with Crippen molar-refractivity contribution in [2.24, 2.45) is 5.92 Å². The van der Waals surface area contributed by atoms with Crippen LogP contribution in [0.15, 0.2) is 36.5 Å². The van der Waals surface area contributed by atoms with Crippen LogP contribution in [-0.4, -0.2) is 33.7 Å². The normalized spacial score (nSPS) is 15.9. The van der Waals surface area contributed by atoms with Crippen molar-refractivity contribution in [2.75, 3.05) is 13.1 Å². The molecule has 1 aromatic carbocycles. The van der Waals surface area contributed by atoms with Gasteiger partial charge in [0.2, 0.25) is 5.91 Å². The van der Waals surface area contributed by atoms with E-state index in [9.17, 15) is 18.0 Å². The van der Waals surface area contributed by atoms with Crippen molar-refractivity contribution in [3.8, 4) is 0 Å². The predicted molar refractivity (Wildman–Crippen MR) is 96.0 cm³/mol. The number of carbonyl (C=O) groups is 1. The Kier molecular flexibility index (Phi) is 5.87. The number of piperidine rings is 1. The lowest BCUT2D eigenvalue weighted by Crippen LogP contribution is -2.40. The lowest BCUT2D eigenvalue weighted by atomic mass is 9.90. The first-order valence-corrected chi connectivity index (χ1v) is 9.25. The summed E-state index contributed by atoms with van der Waals surface area (Å²) in [6.45, 7) is 3.24. The Bertz CT molecular complexity index is 760. The van der Waals surface area contributed by atoms with Gasteiger partial charge in [0, 0.05) is 19.3 Å². The molecule has 0 aliphatic carbocycles. The minimum absolute atomic E-state index is 0.149. The number of hydrogen-bond acceptors (Lipinski definition) is 2. The Morgan fingerprint density at radius 3 is 2.41 bits per heavy atom. The summed E-state index contributed by atoms with van der Waals surface area (Å²) in [7, 11) is 0. The minimum atomic E-state index is -4.48. The number of halogens is 3. The van der Waals surface area contributed by atoms with Crippen LogP contribution in [0.1, 0.15) is 36.1 Å². The number of aryl methyl sites for hydroxylation is 2. The number of amides is 1. The Morgan fingerprint density at radius 2 is 1.81 bits per heavy atom. The van der Waals surface area contributed by atoms with Gasteiger partial charge in [0.1, 0.15) is 6.54 Å². The van der Waals surface area contributed by atoms with E-state index in [-0.39, 0.29) is 12.5 Å². The number of carbonyl (C=O) groups excluding carboxylic acids is 1. The Morgan fingerprint density at radius 1 is 1.15 bits per heavy atom. The van der Waals surface area contributed by atoms with Crippen molar-refractivity contribution in [1.82, 2.24) is 14.7 Å². The van der Waals surface area contributed by atoms with Crippen molar-refractivity contribution >= 4 is 5.91 Å². The number of rotatable bonds is 5. The van der Waals surface area contributed by atoms with Crippen LogP contribution in [-0.2, 0) is 23.9 Å². The van der Waals surface area contributed by atoms with Gasteiger partial charge in [-0.2, -0.15) is 18.3 Å². The third-order valence-corrected chi connectivity index (χ3v) is 5.16. The van der Waals surface area contributed by atoms with Gasteiger partial charge >= 0.3 is 6.18 Å². The first-order valence-electron chi connectivity index (χ1n) is 9.25. The highest BCUT2D eigenvalue weighted by molar-refractivity contribution is 5.76. The molecule has 0 spiro atoms. The second-order valence-corrected chi connectivity index (χ2v) is 7.24. The molecule has 7 heteroatoms. The summed E-state index contributed by atoms with van der Waals surface area (Å²) < 4.78 is 38.8. The van der Waals surface area contributed by atoms with Crippen LogP contribution in [0.4, 0.5) is 13.2 Å². The second-order valence-electron chi connectivity index (χ2n) is 7.24. The highest BCUT2D eigenvalue weighted by Gasteiger charge is 2.33. The van der Waals surface area contributed by atoms with E-state index in [1.54, 1.807) is 4.90 Å². The van der Waals surface area contributed by atoms with Crippen LogP contribution in [0.3, 0.4) is 0 Å². The zero-order chi connectivity index (χ0) is 19.4. The molecule has 2 aromatic rings. The van der Waals surface area contributed by atoms with E-state index in [0.29, 0.717) is 19.0 Å². The zero-order valence-corrected chi connectivity index (χ0v) is 15.4. The maximum atomic E-state index is 12.6. The Balaban J connectivity index is 1.43. The van der Waals surface area contributed by atoms with Crippen LogP contribution in [0.25, 0.3) is 0 Å². The molecule has 0 radical (unpaired) electrons. The standard InChI is InChI=1S/C20H24F3N3O/c1-15-2-4-16(5-3-15)6-7-17-8-11-25(12-9-17)19(27)14-26-13-10-18(24-26)20(21,22)23/h2-5,10,13,17H,6-9,11-12,14H2,1H3. The number of benzene rings is 1. The van der Waals surface area contributed by atoms with Crippen molar-refractivity contribution < 1.29 is 18.0 Å². The molecule has 4 nitrogen and oxygen atoms in total. The minimum Gasteiger partial charge on any atom is -0.341 e. The molecule has 0 saturated carbocycles. The van der Waals surface area contributed by atoms with E-state index in [2.05, 4.69) is 36.3 Å². The molecule has 0 unspecified atom stereocenters. The largest absolute Gasteiger partial charge is 0.435 e. The first-order chi connectivity index (χ1) is 12.8. The molecule has 1 amide bonds. The molecule has 3 rings (SSSR count). The van der Waals surface area contributed by atoms with Crippen molar-refractivity contribution in [1.29, 1.82) is 0 Å². The Hall–Kier alpha value is -2.31. The maximum Gasteiger partial charge on any atom is 0.435 e. The second kappa shape index (κ2) is 8.15. The summed E-state index contributed by atoms with van der Waals surface area (Å²) in [5, 5.41) is 3.44. The Labute approximate surface area is 157 Å². The fourth-order valence-electron chi connectivity index (χ4n) is 3.44. The molecule has 27 heavy (non-hydrogen) atoms. The summed E-state index contributed by atoms with van der Waals surface area (Å²) >= 11 is 0. The van der Waals surface area contributed by atoms with Gasteiger partial charge in [-0.3, -0.25) is 9.48 Å². The molecule has 1 aromatic heterocycles. The van der Waals surface area contributed by atoms with Crippen LogP contribution in [0, 0.1) is 12.8 Å². The molecule has 1 saturated heterocycles. The third kappa shape index (κ3) is 5.34. The number of alkyl halides is 3. The lowest BCUT2D eigenvalue weighted by molar-refractivity contribution is -0.142. The molecule has 1 fully saturated rings. The monoisotopic (exact) mass is 379 g/mol.